The van der Waals surface area contributed by atoms with Crippen LogP contribution in [0.3, 0.4) is 0 Å². The van der Waals surface area contributed by atoms with Crippen LogP contribution in [0.25, 0.3) is 11.1 Å². The minimum Gasteiger partial charge on any atom is -0.358 e. The third-order valence-corrected chi connectivity index (χ3v) is 4.72. The van der Waals surface area contributed by atoms with E-state index in [1.54, 1.807) is 7.05 Å². The summed E-state index contributed by atoms with van der Waals surface area (Å²) in [6.07, 6.45) is 3.88. The molecule has 0 bridgehead atoms. The molecule has 0 radical (unpaired) electrons. The molecule has 2 aromatic carbocycles. The number of benzene rings is 2. The molecule has 1 aliphatic rings. The smallest absolute Gasteiger partial charge is 0.240 e. The molecule has 2 N–H and O–H groups in total. The first kappa shape index (κ1) is 15.8. The van der Waals surface area contributed by atoms with Crippen LogP contribution in [0, 0.1) is 0 Å². The third-order valence-electron chi connectivity index (χ3n) is 4.72. The van der Waals surface area contributed by atoms with Crippen LogP contribution >= 0.6 is 0 Å². The average Bonchev–Trinajstić information content (AvgIpc) is 2.63. The van der Waals surface area contributed by atoms with Crippen molar-refractivity contribution in [3.8, 4) is 11.1 Å². The maximum atomic E-state index is 12.4. The van der Waals surface area contributed by atoms with E-state index in [4.69, 9.17) is 0 Å². The number of piperidine rings is 1. The zero-order valence-electron chi connectivity index (χ0n) is 13.6. The molecule has 23 heavy (non-hydrogen) atoms. The fourth-order valence-corrected chi connectivity index (χ4v) is 3.43. The Bertz CT molecular complexity index is 643. The van der Waals surface area contributed by atoms with Crippen molar-refractivity contribution in [1.29, 1.82) is 0 Å². The zero-order chi connectivity index (χ0) is 16.1. The predicted molar refractivity (Wildman–Crippen MR) is 94.2 cm³/mol. The van der Waals surface area contributed by atoms with E-state index in [0.29, 0.717) is 0 Å². The van der Waals surface area contributed by atoms with Gasteiger partial charge in [0.15, 0.2) is 0 Å². The summed E-state index contributed by atoms with van der Waals surface area (Å²) in [6.45, 7) is 0.912. The highest BCUT2D eigenvalue weighted by Crippen LogP contribution is 2.26. The van der Waals surface area contributed by atoms with Gasteiger partial charge in [-0.05, 0) is 48.9 Å². The van der Waals surface area contributed by atoms with Crippen LogP contribution in [0.4, 0.5) is 0 Å². The molecule has 0 aromatic heterocycles. The van der Waals surface area contributed by atoms with Crippen LogP contribution in [-0.2, 0) is 11.2 Å². The number of hydrogen-bond donors (Lipinski definition) is 2. The summed E-state index contributed by atoms with van der Waals surface area (Å²) in [6, 6.07) is 18.9. The quantitative estimate of drug-likeness (QED) is 0.911. The molecule has 0 spiro atoms. The van der Waals surface area contributed by atoms with E-state index in [-0.39, 0.29) is 5.91 Å². The lowest BCUT2D eigenvalue weighted by Gasteiger charge is -2.36. The molecule has 1 amide bonds. The van der Waals surface area contributed by atoms with Gasteiger partial charge in [-0.1, -0.05) is 54.6 Å². The molecule has 2 aromatic rings. The molecule has 1 saturated heterocycles. The van der Waals surface area contributed by atoms with Crippen LogP contribution < -0.4 is 10.6 Å². The fraction of sp³-hybridized carbons (Fsp3) is 0.350. The first-order chi connectivity index (χ1) is 11.2. The molecule has 120 valence electrons. The van der Waals surface area contributed by atoms with Crippen molar-refractivity contribution in [3.63, 3.8) is 0 Å². The Hall–Kier alpha value is -2.13. The molecule has 3 rings (SSSR count). The van der Waals surface area contributed by atoms with Gasteiger partial charge in [0.1, 0.15) is 5.54 Å². The van der Waals surface area contributed by atoms with Gasteiger partial charge in [-0.3, -0.25) is 4.79 Å². The third kappa shape index (κ3) is 3.45. The van der Waals surface area contributed by atoms with Crippen molar-refractivity contribution in [2.75, 3.05) is 13.6 Å². The van der Waals surface area contributed by atoms with E-state index in [1.165, 1.54) is 16.7 Å². The van der Waals surface area contributed by atoms with Gasteiger partial charge in [0, 0.05) is 7.05 Å². The largest absolute Gasteiger partial charge is 0.358 e. The first-order valence-electron chi connectivity index (χ1n) is 8.35. The molecule has 1 fully saturated rings. The summed E-state index contributed by atoms with van der Waals surface area (Å²) < 4.78 is 0. The standard InChI is InChI=1S/C20H24N2O/c1-21-19(23)20(13-5-6-14-22-20)15-16-9-11-18(12-10-16)17-7-3-2-4-8-17/h2-4,7-12,22H,5-6,13-15H2,1H3,(H,21,23). The highest BCUT2D eigenvalue weighted by molar-refractivity contribution is 5.86. The Labute approximate surface area is 138 Å². The normalized spacial score (nSPS) is 20.9. The number of rotatable bonds is 4. The second-order valence-electron chi connectivity index (χ2n) is 6.28. The average molecular weight is 308 g/mol. The second-order valence-corrected chi connectivity index (χ2v) is 6.28. The van der Waals surface area contributed by atoms with Gasteiger partial charge in [0.2, 0.25) is 5.91 Å². The summed E-state index contributed by atoms with van der Waals surface area (Å²) in [5, 5.41) is 6.30. The number of likely N-dealkylation sites (N-methyl/N-ethyl adjacent to an activating group) is 1. The van der Waals surface area contributed by atoms with Crippen molar-refractivity contribution in [1.82, 2.24) is 10.6 Å². The van der Waals surface area contributed by atoms with Crippen molar-refractivity contribution in [3.05, 3.63) is 60.2 Å². The molecular formula is C20H24N2O. The predicted octanol–water partition coefficient (Wildman–Crippen LogP) is 3.15. The first-order valence-corrected chi connectivity index (χ1v) is 8.35. The van der Waals surface area contributed by atoms with Crippen LogP contribution in [0.5, 0.6) is 0 Å². The Kier molecular flexibility index (Phi) is 4.77. The molecule has 0 aliphatic carbocycles. The number of nitrogens with one attached hydrogen (secondary N) is 2. The zero-order valence-corrected chi connectivity index (χ0v) is 13.6. The summed E-state index contributed by atoms with van der Waals surface area (Å²) in [5.74, 6) is 0.101. The molecular weight excluding hydrogens is 284 g/mol. The SMILES string of the molecule is CNC(=O)C1(Cc2ccc(-c3ccccc3)cc2)CCCCN1. The van der Waals surface area contributed by atoms with Crippen molar-refractivity contribution in [2.45, 2.75) is 31.2 Å². The van der Waals surface area contributed by atoms with Gasteiger partial charge in [0.05, 0.1) is 0 Å². The number of carbonyl (C=O) groups is 1. The van der Waals surface area contributed by atoms with E-state index in [0.717, 1.165) is 32.2 Å². The maximum Gasteiger partial charge on any atom is 0.240 e. The monoisotopic (exact) mass is 308 g/mol. The van der Waals surface area contributed by atoms with Gasteiger partial charge in [0.25, 0.3) is 0 Å². The van der Waals surface area contributed by atoms with Crippen LogP contribution in [0.15, 0.2) is 54.6 Å². The molecule has 0 saturated carbocycles. The Balaban J connectivity index is 1.80. The second kappa shape index (κ2) is 6.97. The van der Waals surface area contributed by atoms with E-state index < -0.39 is 5.54 Å². The summed E-state index contributed by atoms with van der Waals surface area (Å²) in [7, 11) is 1.72. The van der Waals surface area contributed by atoms with Gasteiger partial charge in [-0.15, -0.1) is 0 Å². The number of carbonyl (C=O) groups excluding carboxylic acids is 1. The molecule has 3 nitrogen and oxygen atoms in total. The fourth-order valence-electron chi connectivity index (χ4n) is 3.43. The van der Waals surface area contributed by atoms with Crippen LogP contribution in [0.1, 0.15) is 24.8 Å². The van der Waals surface area contributed by atoms with E-state index in [2.05, 4.69) is 59.2 Å². The summed E-state index contributed by atoms with van der Waals surface area (Å²) in [5.41, 5.74) is 3.17. The Morgan fingerprint density at radius 2 is 1.74 bits per heavy atom. The minimum atomic E-state index is -0.457. The van der Waals surface area contributed by atoms with Crippen molar-refractivity contribution in [2.24, 2.45) is 0 Å². The molecule has 1 heterocycles. The van der Waals surface area contributed by atoms with E-state index in [9.17, 15) is 4.79 Å². The van der Waals surface area contributed by atoms with Crippen LogP contribution in [-0.4, -0.2) is 25.0 Å². The summed E-state index contributed by atoms with van der Waals surface area (Å²) in [4.78, 5) is 12.4. The lowest BCUT2D eigenvalue weighted by molar-refractivity contribution is -0.128. The highest BCUT2D eigenvalue weighted by Gasteiger charge is 2.38. The van der Waals surface area contributed by atoms with Gasteiger partial charge < -0.3 is 10.6 Å². The van der Waals surface area contributed by atoms with Crippen LogP contribution in [0.2, 0.25) is 0 Å². The molecule has 3 heteroatoms. The number of amides is 1. The lowest BCUT2D eigenvalue weighted by Crippen LogP contribution is -2.59. The van der Waals surface area contributed by atoms with Gasteiger partial charge in [-0.2, -0.15) is 0 Å². The minimum absolute atomic E-state index is 0.101. The van der Waals surface area contributed by atoms with E-state index >= 15 is 0 Å². The molecule has 1 atom stereocenters. The molecule has 1 unspecified atom stereocenters. The van der Waals surface area contributed by atoms with E-state index in [1.807, 2.05) is 6.07 Å². The maximum absolute atomic E-state index is 12.4. The molecule has 1 aliphatic heterocycles. The number of hydrogen-bond acceptors (Lipinski definition) is 2. The lowest BCUT2D eigenvalue weighted by atomic mass is 9.82. The highest BCUT2D eigenvalue weighted by atomic mass is 16.2. The van der Waals surface area contributed by atoms with Gasteiger partial charge >= 0.3 is 0 Å². The Morgan fingerprint density at radius 1 is 1.04 bits per heavy atom. The van der Waals surface area contributed by atoms with Crippen molar-refractivity contribution >= 4 is 5.91 Å². The summed E-state index contributed by atoms with van der Waals surface area (Å²) >= 11 is 0. The van der Waals surface area contributed by atoms with Crippen molar-refractivity contribution < 1.29 is 4.79 Å². The Morgan fingerprint density at radius 3 is 2.35 bits per heavy atom. The van der Waals surface area contributed by atoms with Gasteiger partial charge in [-0.25, -0.2) is 0 Å². The topological polar surface area (TPSA) is 41.1 Å².